The van der Waals surface area contributed by atoms with E-state index < -0.39 is 11.9 Å². The van der Waals surface area contributed by atoms with Crippen LogP contribution in [0.2, 0.25) is 5.02 Å². The van der Waals surface area contributed by atoms with Crippen LogP contribution in [-0.4, -0.2) is 44.9 Å². The van der Waals surface area contributed by atoms with E-state index in [2.05, 4.69) is 20.8 Å². The van der Waals surface area contributed by atoms with Crippen molar-refractivity contribution in [3.63, 3.8) is 0 Å². The highest BCUT2D eigenvalue weighted by Crippen LogP contribution is 2.23. The van der Waals surface area contributed by atoms with Crippen molar-refractivity contribution in [2.45, 2.75) is 5.16 Å². The van der Waals surface area contributed by atoms with Gasteiger partial charge in [-0.3, -0.25) is 4.79 Å². The third-order valence-electron chi connectivity index (χ3n) is 3.51. The number of carbonyl (C=O) groups excluding carboxylic acids is 2. The normalized spacial score (nSPS) is 10.5. The Balaban J connectivity index is 1.69. The van der Waals surface area contributed by atoms with Crippen LogP contribution in [0.25, 0.3) is 5.69 Å². The molecule has 3 rings (SSSR count). The van der Waals surface area contributed by atoms with Crippen LogP contribution in [-0.2, 0) is 9.53 Å². The zero-order chi connectivity index (χ0) is 20.1. The van der Waals surface area contributed by atoms with Gasteiger partial charge in [-0.05, 0) is 52.9 Å². The van der Waals surface area contributed by atoms with E-state index in [0.717, 1.165) is 11.8 Å². The highest BCUT2D eigenvalue weighted by atomic mass is 35.5. The fraction of sp³-hybridized carbons (Fsp3) is 0.118. The van der Waals surface area contributed by atoms with Gasteiger partial charge in [-0.15, -0.1) is 5.10 Å². The van der Waals surface area contributed by atoms with E-state index >= 15 is 0 Å². The molecule has 0 radical (unpaired) electrons. The quantitative estimate of drug-likeness (QED) is 0.482. The fourth-order valence-electron chi connectivity index (χ4n) is 2.24. The van der Waals surface area contributed by atoms with Crippen LogP contribution in [0.3, 0.4) is 0 Å². The maximum absolute atomic E-state index is 13.1. The molecule has 11 heteroatoms. The van der Waals surface area contributed by atoms with Crippen molar-refractivity contribution in [1.29, 1.82) is 0 Å². The molecule has 0 atom stereocenters. The maximum atomic E-state index is 13.1. The van der Waals surface area contributed by atoms with E-state index in [4.69, 9.17) is 16.3 Å². The second-order valence-corrected chi connectivity index (χ2v) is 6.75. The average molecular weight is 422 g/mol. The lowest BCUT2D eigenvalue weighted by Crippen LogP contribution is -2.17. The number of thioether (sulfide) groups is 1. The predicted octanol–water partition coefficient (Wildman–Crippen LogP) is 2.97. The van der Waals surface area contributed by atoms with Gasteiger partial charge in [0.1, 0.15) is 5.82 Å². The molecule has 1 aromatic heterocycles. The highest BCUT2D eigenvalue weighted by molar-refractivity contribution is 7.99. The van der Waals surface area contributed by atoms with Gasteiger partial charge in [0, 0.05) is 5.02 Å². The first-order valence-corrected chi connectivity index (χ1v) is 9.19. The Morgan fingerprint density at radius 2 is 2.00 bits per heavy atom. The Morgan fingerprint density at radius 1 is 1.25 bits per heavy atom. The van der Waals surface area contributed by atoms with Crippen molar-refractivity contribution < 1.29 is 18.7 Å². The van der Waals surface area contributed by atoms with Gasteiger partial charge >= 0.3 is 5.97 Å². The number of nitrogens with zero attached hydrogens (tertiary/aromatic N) is 4. The summed E-state index contributed by atoms with van der Waals surface area (Å²) in [5, 5.41) is 14.6. The smallest absolute Gasteiger partial charge is 0.339 e. The lowest BCUT2D eigenvalue weighted by molar-refractivity contribution is -0.113. The molecule has 1 amide bonds. The molecule has 0 aliphatic rings. The zero-order valence-corrected chi connectivity index (χ0v) is 16.0. The van der Waals surface area contributed by atoms with Crippen LogP contribution in [0.4, 0.5) is 10.1 Å². The molecule has 0 aliphatic heterocycles. The first kappa shape index (κ1) is 19.8. The largest absolute Gasteiger partial charge is 0.465 e. The molecule has 0 saturated heterocycles. The van der Waals surface area contributed by atoms with Gasteiger partial charge in [-0.1, -0.05) is 23.4 Å². The van der Waals surface area contributed by atoms with E-state index in [1.807, 2.05) is 0 Å². The molecule has 0 fully saturated rings. The monoisotopic (exact) mass is 421 g/mol. The summed E-state index contributed by atoms with van der Waals surface area (Å²) in [7, 11) is 1.24. The molecule has 0 spiro atoms. The van der Waals surface area contributed by atoms with E-state index in [1.165, 1.54) is 54.3 Å². The van der Waals surface area contributed by atoms with Crippen LogP contribution in [0.1, 0.15) is 10.4 Å². The van der Waals surface area contributed by atoms with Crippen molar-refractivity contribution >= 4 is 40.9 Å². The molecule has 3 aromatic rings. The van der Waals surface area contributed by atoms with Gasteiger partial charge in [0.25, 0.3) is 0 Å². The van der Waals surface area contributed by atoms with Crippen molar-refractivity contribution in [3.05, 3.63) is 58.9 Å². The third kappa shape index (κ3) is 4.65. The zero-order valence-electron chi connectivity index (χ0n) is 14.4. The minimum Gasteiger partial charge on any atom is -0.465 e. The number of hydrogen-bond donors (Lipinski definition) is 1. The summed E-state index contributed by atoms with van der Waals surface area (Å²) in [4.78, 5) is 24.1. The van der Waals surface area contributed by atoms with E-state index in [0.29, 0.717) is 15.9 Å². The minimum atomic E-state index is -0.597. The van der Waals surface area contributed by atoms with Crippen LogP contribution < -0.4 is 5.32 Å². The number of esters is 1. The van der Waals surface area contributed by atoms with Gasteiger partial charge in [-0.25, -0.2) is 9.18 Å². The second-order valence-electron chi connectivity index (χ2n) is 5.37. The van der Waals surface area contributed by atoms with Crippen LogP contribution >= 0.6 is 23.4 Å². The van der Waals surface area contributed by atoms with E-state index in [9.17, 15) is 14.0 Å². The summed E-state index contributed by atoms with van der Waals surface area (Å²) in [6, 6.07) is 10.0. The summed E-state index contributed by atoms with van der Waals surface area (Å²) in [6.45, 7) is 0. The molecule has 8 nitrogen and oxygen atoms in total. The summed E-state index contributed by atoms with van der Waals surface area (Å²) < 4.78 is 19.2. The molecule has 144 valence electrons. The van der Waals surface area contributed by atoms with Crippen LogP contribution in [0.5, 0.6) is 0 Å². The Kier molecular flexibility index (Phi) is 6.22. The van der Waals surface area contributed by atoms with E-state index in [1.54, 1.807) is 0 Å². The summed E-state index contributed by atoms with van der Waals surface area (Å²) in [5.41, 5.74) is 0.974. The molecule has 0 unspecified atom stereocenters. The number of ether oxygens (including phenoxy) is 1. The highest BCUT2D eigenvalue weighted by Gasteiger charge is 2.16. The number of anilines is 1. The SMILES string of the molecule is COC(=O)c1ccc(Cl)cc1NC(=O)CSc1nnnn1-c1ccc(F)cc1. The predicted molar refractivity (Wildman–Crippen MR) is 101 cm³/mol. The lowest BCUT2D eigenvalue weighted by atomic mass is 10.2. The Labute approximate surface area is 168 Å². The maximum Gasteiger partial charge on any atom is 0.339 e. The minimum absolute atomic E-state index is 0.0330. The molecular formula is C17H13ClFN5O3S. The third-order valence-corrected chi connectivity index (χ3v) is 4.66. The lowest BCUT2D eigenvalue weighted by Gasteiger charge is -2.10. The van der Waals surface area contributed by atoms with Crippen LogP contribution in [0.15, 0.2) is 47.6 Å². The standard InChI is InChI=1S/C17H13ClFN5O3S/c1-27-16(26)13-7-2-10(18)8-14(13)20-15(25)9-28-17-21-22-23-24(17)12-5-3-11(19)4-6-12/h2-8H,9H2,1H3,(H,20,25). The summed E-state index contributed by atoms with van der Waals surface area (Å²) in [5.74, 6) is -1.41. The molecule has 1 N–H and O–H groups in total. The number of tetrazole rings is 1. The van der Waals surface area contributed by atoms with Crippen LogP contribution in [0, 0.1) is 5.82 Å². The fourth-order valence-corrected chi connectivity index (χ4v) is 3.10. The van der Waals surface area contributed by atoms with Crippen molar-refractivity contribution in [3.8, 4) is 5.69 Å². The van der Waals surface area contributed by atoms with Gasteiger partial charge in [0.05, 0.1) is 29.8 Å². The molecule has 28 heavy (non-hydrogen) atoms. The molecule has 0 aliphatic carbocycles. The Morgan fingerprint density at radius 3 is 2.71 bits per heavy atom. The Bertz CT molecular complexity index is 1010. The molecular weight excluding hydrogens is 409 g/mol. The Hall–Kier alpha value is -2.98. The first-order valence-electron chi connectivity index (χ1n) is 7.83. The number of amides is 1. The molecule has 0 bridgehead atoms. The summed E-state index contributed by atoms with van der Waals surface area (Å²) in [6.07, 6.45) is 0. The number of rotatable bonds is 6. The number of methoxy groups -OCH3 is 1. The number of nitrogens with one attached hydrogen (secondary N) is 1. The van der Waals surface area contributed by atoms with Crippen molar-refractivity contribution in [2.24, 2.45) is 0 Å². The van der Waals surface area contributed by atoms with Gasteiger partial charge in [0.2, 0.25) is 11.1 Å². The molecule has 1 heterocycles. The number of carbonyl (C=O) groups is 2. The van der Waals surface area contributed by atoms with Gasteiger partial charge in [-0.2, -0.15) is 4.68 Å². The van der Waals surface area contributed by atoms with Gasteiger partial charge in [0.15, 0.2) is 0 Å². The molecule has 0 saturated carbocycles. The van der Waals surface area contributed by atoms with Gasteiger partial charge < -0.3 is 10.1 Å². The topological polar surface area (TPSA) is 99.0 Å². The second kappa shape index (κ2) is 8.81. The number of benzene rings is 2. The number of halogens is 2. The number of aromatic nitrogens is 4. The first-order chi connectivity index (χ1) is 13.5. The average Bonchev–Trinajstić information content (AvgIpc) is 3.15. The van der Waals surface area contributed by atoms with Crippen molar-refractivity contribution in [1.82, 2.24) is 20.2 Å². The van der Waals surface area contributed by atoms with E-state index in [-0.39, 0.29) is 22.8 Å². The number of hydrogen-bond acceptors (Lipinski definition) is 7. The molecule has 2 aromatic carbocycles. The summed E-state index contributed by atoms with van der Waals surface area (Å²) >= 11 is 7.02. The van der Waals surface area contributed by atoms with Crippen molar-refractivity contribution in [2.75, 3.05) is 18.2 Å².